The van der Waals surface area contributed by atoms with Crippen molar-refractivity contribution in [3.05, 3.63) is 76.7 Å². The second kappa shape index (κ2) is 9.10. The average Bonchev–Trinajstić information content (AvgIpc) is 2.64. The Morgan fingerprint density at radius 3 is 2.50 bits per heavy atom. The Labute approximate surface area is 156 Å². The highest BCUT2D eigenvalue weighted by molar-refractivity contribution is 6.30. The van der Waals surface area contributed by atoms with E-state index in [2.05, 4.69) is 25.8 Å². The van der Waals surface area contributed by atoms with Crippen LogP contribution >= 0.6 is 11.6 Å². The normalized spacial score (nSPS) is 10.5. The topological polar surface area (TPSA) is 62.7 Å². The highest BCUT2D eigenvalue weighted by Crippen LogP contribution is 2.11. The van der Waals surface area contributed by atoms with Crippen LogP contribution in [0.3, 0.4) is 0 Å². The van der Waals surface area contributed by atoms with Crippen LogP contribution in [-0.2, 0) is 12.8 Å². The maximum absolute atomic E-state index is 12.9. The molecule has 1 heterocycles. The van der Waals surface area contributed by atoms with Gasteiger partial charge >= 0.3 is 0 Å². The molecule has 0 aliphatic carbocycles. The molecule has 26 heavy (non-hydrogen) atoms. The number of benzene rings is 2. The number of hydrogen-bond acceptors (Lipinski definition) is 5. The Hall–Kier alpha value is -2.73. The van der Waals surface area contributed by atoms with Gasteiger partial charge in [0.2, 0.25) is 5.95 Å². The molecule has 134 valence electrons. The molecule has 0 radical (unpaired) electrons. The van der Waals surface area contributed by atoms with Gasteiger partial charge < -0.3 is 10.6 Å². The van der Waals surface area contributed by atoms with Crippen molar-refractivity contribution in [3.63, 3.8) is 0 Å². The van der Waals surface area contributed by atoms with Crippen LogP contribution in [0, 0.1) is 5.82 Å². The molecular formula is C19H19ClFN5. The van der Waals surface area contributed by atoms with Crippen LogP contribution in [0.5, 0.6) is 0 Å². The van der Waals surface area contributed by atoms with Crippen LogP contribution < -0.4 is 10.6 Å². The lowest BCUT2D eigenvalue weighted by atomic mass is 10.1. The summed E-state index contributed by atoms with van der Waals surface area (Å²) in [6.45, 7) is 1.35. The highest BCUT2D eigenvalue weighted by Gasteiger charge is 2.01. The molecular weight excluding hydrogens is 353 g/mol. The first-order valence-corrected chi connectivity index (χ1v) is 8.73. The van der Waals surface area contributed by atoms with Gasteiger partial charge in [-0.2, -0.15) is 10.1 Å². The van der Waals surface area contributed by atoms with Crippen molar-refractivity contribution in [2.24, 2.45) is 0 Å². The lowest BCUT2D eigenvalue weighted by Crippen LogP contribution is -2.12. The van der Waals surface area contributed by atoms with Crippen molar-refractivity contribution in [2.75, 3.05) is 23.7 Å². The first kappa shape index (κ1) is 18.1. The standard InChI is InChI=1S/C19H19ClFN5/c20-16-3-1-2-15(12-16)9-10-22-18-13-24-26-19(25-18)23-11-8-14-4-6-17(21)7-5-14/h1-7,12-13H,8-11H2,(H2,22,23,25,26). The summed E-state index contributed by atoms with van der Waals surface area (Å²) in [6.07, 6.45) is 3.16. The lowest BCUT2D eigenvalue weighted by Gasteiger charge is -2.08. The van der Waals surface area contributed by atoms with Crippen molar-refractivity contribution in [2.45, 2.75) is 12.8 Å². The number of nitrogens with zero attached hydrogens (tertiary/aromatic N) is 3. The fourth-order valence-electron chi connectivity index (χ4n) is 2.46. The van der Waals surface area contributed by atoms with E-state index in [9.17, 15) is 4.39 Å². The van der Waals surface area contributed by atoms with Crippen molar-refractivity contribution in [1.29, 1.82) is 0 Å². The number of rotatable bonds is 8. The number of hydrogen-bond donors (Lipinski definition) is 2. The van der Waals surface area contributed by atoms with E-state index in [1.54, 1.807) is 18.3 Å². The van der Waals surface area contributed by atoms with Gasteiger partial charge in [0.25, 0.3) is 0 Å². The van der Waals surface area contributed by atoms with Crippen LogP contribution in [0.2, 0.25) is 5.02 Å². The summed E-state index contributed by atoms with van der Waals surface area (Å²) in [5, 5.41) is 15.0. The van der Waals surface area contributed by atoms with Gasteiger partial charge in [0.15, 0.2) is 5.82 Å². The molecule has 0 saturated heterocycles. The molecule has 3 rings (SSSR count). The molecule has 5 nitrogen and oxygen atoms in total. The third-order valence-electron chi connectivity index (χ3n) is 3.78. The molecule has 0 saturated carbocycles. The Morgan fingerprint density at radius 1 is 0.923 bits per heavy atom. The molecule has 2 N–H and O–H groups in total. The molecule has 0 bridgehead atoms. The summed E-state index contributed by atoms with van der Waals surface area (Å²) in [5.41, 5.74) is 2.20. The summed E-state index contributed by atoms with van der Waals surface area (Å²) in [7, 11) is 0. The summed E-state index contributed by atoms with van der Waals surface area (Å²) in [4.78, 5) is 4.38. The summed E-state index contributed by atoms with van der Waals surface area (Å²) in [6, 6.07) is 14.2. The number of nitrogens with one attached hydrogen (secondary N) is 2. The lowest BCUT2D eigenvalue weighted by molar-refractivity contribution is 0.627. The molecule has 0 fully saturated rings. The Morgan fingerprint density at radius 2 is 1.69 bits per heavy atom. The van der Waals surface area contributed by atoms with Gasteiger partial charge in [-0.3, -0.25) is 0 Å². The maximum Gasteiger partial charge on any atom is 0.244 e. The Balaban J connectivity index is 1.46. The molecule has 3 aromatic rings. The summed E-state index contributed by atoms with van der Waals surface area (Å²) < 4.78 is 12.9. The van der Waals surface area contributed by atoms with E-state index in [-0.39, 0.29) is 5.82 Å². The fraction of sp³-hybridized carbons (Fsp3) is 0.211. The van der Waals surface area contributed by atoms with E-state index >= 15 is 0 Å². The average molecular weight is 372 g/mol. The monoisotopic (exact) mass is 371 g/mol. The van der Waals surface area contributed by atoms with Crippen LogP contribution in [0.4, 0.5) is 16.2 Å². The van der Waals surface area contributed by atoms with E-state index in [0.717, 1.165) is 29.0 Å². The number of halogens is 2. The molecule has 0 amide bonds. The van der Waals surface area contributed by atoms with Gasteiger partial charge in [0, 0.05) is 18.1 Å². The quantitative estimate of drug-likeness (QED) is 0.627. The predicted octanol–water partition coefficient (Wildman–Crippen LogP) is 3.97. The van der Waals surface area contributed by atoms with Crippen molar-refractivity contribution >= 4 is 23.4 Å². The SMILES string of the molecule is Fc1ccc(CCNc2nncc(NCCc3cccc(Cl)c3)n2)cc1. The highest BCUT2D eigenvalue weighted by atomic mass is 35.5. The first-order valence-electron chi connectivity index (χ1n) is 8.35. The largest absolute Gasteiger partial charge is 0.368 e. The van der Waals surface area contributed by atoms with Crippen LogP contribution in [-0.4, -0.2) is 28.3 Å². The molecule has 0 unspecified atom stereocenters. The van der Waals surface area contributed by atoms with E-state index in [1.807, 2.05) is 24.3 Å². The summed E-state index contributed by atoms with van der Waals surface area (Å²) >= 11 is 5.98. The minimum absolute atomic E-state index is 0.231. The fourth-order valence-corrected chi connectivity index (χ4v) is 2.67. The molecule has 2 aromatic carbocycles. The Bertz CT molecular complexity index is 841. The molecule has 1 aromatic heterocycles. The van der Waals surface area contributed by atoms with E-state index in [1.165, 1.54) is 12.1 Å². The van der Waals surface area contributed by atoms with Gasteiger partial charge in [-0.15, -0.1) is 5.10 Å². The first-order chi connectivity index (χ1) is 12.7. The maximum atomic E-state index is 12.9. The van der Waals surface area contributed by atoms with Gasteiger partial charge in [0.1, 0.15) is 5.82 Å². The minimum atomic E-state index is -0.231. The second-order valence-electron chi connectivity index (χ2n) is 5.78. The summed E-state index contributed by atoms with van der Waals surface area (Å²) in [5.74, 6) is 0.886. The third-order valence-corrected chi connectivity index (χ3v) is 4.01. The van der Waals surface area contributed by atoms with Crippen LogP contribution in [0.1, 0.15) is 11.1 Å². The van der Waals surface area contributed by atoms with Crippen LogP contribution in [0.25, 0.3) is 0 Å². The number of anilines is 2. The van der Waals surface area contributed by atoms with Crippen molar-refractivity contribution in [3.8, 4) is 0 Å². The number of aromatic nitrogens is 3. The van der Waals surface area contributed by atoms with Gasteiger partial charge in [-0.25, -0.2) is 4.39 Å². The van der Waals surface area contributed by atoms with Crippen molar-refractivity contribution < 1.29 is 4.39 Å². The molecule has 0 atom stereocenters. The van der Waals surface area contributed by atoms with Crippen molar-refractivity contribution in [1.82, 2.24) is 15.2 Å². The van der Waals surface area contributed by atoms with Gasteiger partial charge in [-0.1, -0.05) is 35.9 Å². The van der Waals surface area contributed by atoms with E-state index < -0.39 is 0 Å². The van der Waals surface area contributed by atoms with E-state index in [4.69, 9.17) is 11.6 Å². The zero-order chi connectivity index (χ0) is 18.2. The molecule has 0 aliphatic heterocycles. The smallest absolute Gasteiger partial charge is 0.244 e. The van der Waals surface area contributed by atoms with Crippen LogP contribution in [0.15, 0.2) is 54.7 Å². The van der Waals surface area contributed by atoms with E-state index in [0.29, 0.717) is 24.9 Å². The molecule has 0 aliphatic rings. The van der Waals surface area contributed by atoms with Gasteiger partial charge in [-0.05, 0) is 48.2 Å². The molecule has 7 heteroatoms. The third kappa shape index (κ3) is 5.67. The predicted molar refractivity (Wildman–Crippen MR) is 102 cm³/mol. The molecule has 0 spiro atoms. The zero-order valence-corrected chi connectivity index (χ0v) is 14.9. The Kier molecular flexibility index (Phi) is 6.33. The zero-order valence-electron chi connectivity index (χ0n) is 14.1. The minimum Gasteiger partial charge on any atom is -0.368 e. The van der Waals surface area contributed by atoms with Gasteiger partial charge in [0.05, 0.1) is 6.20 Å². The second-order valence-corrected chi connectivity index (χ2v) is 6.21.